The fourth-order valence-electron chi connectivity index (χ4n) is 5.05. The molecule has 0 spiro atoms. The van der Waals surface area contributed by atoms with E-state index in [1.807, 2.05) is 19.1 Å². The Hall–Kier alpha value is -2.11. The lowest BCUT2D eigenvalue weighted by molar-refractivity contribution is -0.123. The summed E-state index contributed by atoms with van der Waals surface area (Å²) in [5.41, 5.74) is 1.14. The van der Waals surface area contributed by atoms with Gasteiger partial charge in [0.2, 0.25) is 5.91 Å². The van der Waals surface area contributed by atoms with Crippen LogP contribution in [0.25, 0.3) is 10.8 Å². The number of ether oxygens (including phenoxy) is 2. The first-order valence-electron chi connectivity index (χ1n) is 11.3. The number of amides is 1. The molecule has 1 atom stereocenters. The predicted molar refractivity (Wildman–Crippen MR) is 120 cm³/mol. The van der Waals surface area contributed by atoms with Crippen molar-refractivity contribution in [3.8, 4) is 5.75 Å². The van der Waals surface area contributed by atoms with Crippen molar-refractivity contribution in [3.63, 3.8) is 0 Å². The second kappa shape index (κ2) is 9.36. The van der Waals surface area contributed by atoms with Crippen LogP contribution in [0.4, 0.5) is 0 Å². The van der Waals surface area contributed by atoms with Crippen molar-refractivity contribution in [1.82, 2.24) is 10.2 Å². The summed E-state index contributed by atoms with van der Waals surface area (Å²) in [6.45, 7) is 6.28. The van der Waals surface area contributed by atoms with Crippen LogP contribution in [0.1, 0.15) is 50.5 Å². The number of nitrogens with zero attached hydrogens (tertiary/aromatic N) is 1. The van der Waals surface area contributed by atoms with Gasteiger partial charge < -0.3 is 14.8 Å². The predicted octanol–water partition coefficient (Wildman–Crippen LogP) is 4.10. The summed E-state index contributed by atoms with van der Waals surface area (Å²) >= 11 is 0. The molecule has 1 saturated heterocycles. The largest absolute Gasteiger partial charge is 0.497 e. The fraction of sp³-hybridized carbons (Fsp3) is 0.560. The molecule has 2 aromatic rings. The Morgan fingerprint density at radius 2 is 1.80 bits per heavy atom. The number of benzene rings is 2. The second-order valence-electron chi connectivity index (χ2n) is 8.80. The normalized spacial score (nSPS) is 20.6. The van der Waals surface area contributed by atoms with Gasteiger partial charge >= 0.3 is 0 Å². The third kappa shape index (κ3) is 4.47. The van der Waals surface area contributed by atoms with E-state index in [9.17, 15) is 4.79 Å². The van der Waals surface area contributed by atoms with Gasteiger partial charge in [-0.05, 0) is 48.2 Å². The molecule has 1 saturated carbocycles. The van der Waals surface area contributed by atoms with Gasteiger partial charge in [-0.15, -0.1) is 0 Å². The van der Waals surface area contributed by atoms with Crippen molar-refractivity contribution in [2.75, 3.05) is 40.0 Å². The third-order valence-corrected chi connectivity index (χ3v) is 7.02. The quantitative estimate of drug-likeness (QED) is 0.779. The van der Waals surface area contributed by atoms with E-state index in [1.165, 1.54) is 32.1 Å². The maximum Gasteiger partial charge on any atom is 0.227 e. The molecule has 4 rings (SSSR count). The van der Waals surface area contributed by atoms with Crippen LogP contribution in [-0.4, -0.2) is 56.3 Å². The molecule has 5 heteroatoms. The van der Waals surface area contributed by atoms with Crippen LogP contribution in [-0.2, 0) is 9.53 Å². The Morgan fingerprint density at radius 3 is 2.53 bits per heavy atom. The molecule has 2 fully saturated rings. The van der Waals surface area contributed by atoms with Crippen LogP contribution in [0.15, 0.2) is 36.4 Å². The fourth-order valence-corrected chi connectivity index (χ4v) is 5.05. The molecule has 162 valence electrons. The Kier molecular flexibility index (Phi) is 6.59. The first-order chi connectivity index (χ1) is 14.6. The Bertz CT molecular complexity index is 870. The van der Waals surface area contributed by atoms with E-state index in [0.29, 0.717) is 0 Å². The van der Waals surface area contributed by atoms with Gasteiger partial charge in [0.1, 0.15) is 5.75 Å². The highest BCUT2D eigenvalue weighted by Crippen LogP contribution is 2.34. The van der Waals surface area contributed by atoms with Crippen LogP contribution < -0.4 is 10.1 Å². The number of nitrogens with one attached hydrogen (secondary N) is 1. The van der Waals surface area contributed by atoms with Crippen molar-refractivity contribution < 1.29 is 14.3 Å². The number of morpholine rings is 1. The molecule has 1 N–H and O–H groups in total. The minimum absolute atomic E-state index is 0.0946. The van der Waals surface area contributed by atoms with Crippen LogP contribution >= 0.6 is 0 Å². The summed E-state index contributed by atoms with van der Waals surface area (Å²) in [5, 5.41) is 5.57. The van der Waals surface area contributed by atoms with Gasteiger partial charge in [-0.1, -0.05) is 43.5 Å². The monoisotopic (exact) mass is 410 g/mol. The lowest BCUT2D eigenvalue weighted by atomic mass is 9.79. The van der Waals surface area contributed by atoms with Crippen molar-refractivity contribution in [3.05, 3.63) is 42.0 Å². The minimum atomic E-state index is -0.179. The molecule has 5 nitrogen and oxygen atoms in total. The molecule has 1 aliphatic heterocycles. The average molecular weight is 411 g/mol. The summed E-state index contributed by atoms with van der Waals surface area (Å²) < 4.78 is 10.9. The minimum Gasteiger partial charge on any atom is -0.497 e. The Balaban J connectivity index is 1.45. The highest BCUT2D eigenvalue weighted by atomic mass is 16.5. The van der Waals surface area contributed by atoms with Gasteiger partial charge in [-0.3, -0.25) is 9.69 Å². The summed E-state index contributed by atoms with van der Waals surface area (Å²) in [6, 6.07) is 12.3. The van der Waals surface area contributed by atoms with E-state index in [2.05, 4.69) is 34.5 Å². The van der Waals surface area contributed by atoms with Crippen molar-refractivity contribution in [2.24, 2.45) is 0 Å². The molecule has 0 bridgehead atoms. The standard InChI is InChI=1S/C25H34N2O3/c1-19(20-6-7-22-17-23(29-2)9-8-21(22)16-20)24(28)26-18-25(10-4-3-5-11-25)27-12-14-30-15-13-27/h6-9,16-17,19H,3-5,10-15,18H2,1-2H3,(H,26,28)/t19-/m1/s1. The molecule has 1 amide bonds. The van der Waals surface area contributed by atoms with E-state index in [0.717, 1.165) is 54.9 Å². The Morgan fingerprint density at radius 1 is 1.10 bits per heavy atom. The molecule has 2 aromatic carbocycles. The maximum atomic E-state index is 13.1. The summed E-state index contributed by atoms with van der Waals surface area (Å²) in [7, 11) is 1.68. The molecule has 1 heterocycles. The topological polar surface area (TPSA) is 50.8 Å². The average Bonchev–Trinajstić information content (AvgIpc) is 2.82. The third-order valence-electron chi connectivity index (χ3n) is 7.02. The van der Waals surface area contributed by atoms with Gasteiger partial charge in [0.05, 0.1) is 26.2 Å². The van der Waals surface area contributed by atoms with Gasteiger partial charge in [0.15, 0.2) is 0 Å². The van der Waals surface area contributed by atoms with E-state index in [4.69, 9.17) is 9.47 Å². The molecule has 30 heavy (non-hydrogen) atoms. The number of hydrogen-bond acceptors (Lipinski definition) is 4. The van der Waals surface area contributed by atoms with Gasteiger partial charge in [-0.25, -0.2) is 0 Å². The molecule has 1 aliphatic carbocycles. The molecular formula is C25H34N2O3. The molecule has 0 aromatic heterocycles. The highest BCUT2D eigenvalue weighted by molar-refractivity contribution is 5.88. The maximum absolute atomic E-state index is 13.1. The number of carbonyl (C=O) groups is 1. The Labute approximate surface area is 179 Å². The summed E-state index contributed by atoms with van der Waals surface area (Å²) in [6.07, 6.45) is 6.13. The van der Waals surface area contributed by atoms with E-state index >= 15 is 0 Å². The smallest absolute Gasteiger partial charge is 0.227 e. The van der Waals surface area contributed by atoms with E-state index < -0.39 is 0 Å². The molecule has 0 radical (unpaired) electrons. The zero-order chi connectivity index (χ0) is 21.0. The van der Waals surface area contributed by atoms with Crippen LogP contribution in [0.2, 0.25) is 0 Å². The number of hydrogen-bond donors (Lipinski definition) is 1. The SMILES string of the molecule is COc1ccc2cc([C@@H](C)C(=O)NCC3(N4CCOCC4)CCCCC3)ccc2c1. The summed E-state index contributed by atoms with van der Waals surface area (Å²) in [5.74, 6) is 0.782. The number of carbonyl (C=O) groups excluding carboxylic acids is 1. The van der Waals surface area contributed by atoms with Gasteiger partial charge in [0, 0.05) is 25.2 Å². The second-order valence-corrected chi connectivity index (χ2v) is 8.80. The molecule has 2 aliphatic rings. The molecular weight excluding hydrogens is 376 g/mol. The zero-order valence-electron chi connectivity index (χ0n) is 18.3. The van der Waals surface area contributed by atoms with Crippen LogP contribution in [0.5, 0.6) is 5.75 Å². The van der Waals surface area contributed by atoms with Crippen LogP contribution in [0.3, 0.4) is 0 Å². The molecule has 0 unspecified atom stereocenters. The first kappa shape index (κ1) is 21.1. The number of rotatable bonds is 6. The highest BCUT2D eigenvalue weighted by Gasteiger charge is 2.39. The lowest BCUT2D eigenvalue weighted by Gasteiger charge is -2.48. The first-order valence-corrected chi connectivity index (χ1v) is 11.3. The number of fused-ring (bicyclic) bond motifs is 1. The van der Waals surface area contributed by atoms with Crippen LogP contribution in [0, 0.1) is 0 Å². The van der Waals surface area contributed by atoms with E-state index in [-0.39, 0.29) is 17.4 Å². The van der Waals surface area contributed by atoms with Crippen molar-refractivity contribution in [2.45, 2.75) is 50.5 Å². The summed E-state index contributed by atoms with van der Waals surface area (Å²) in [4.78, 5) is 15.6. The van der Waals surface area contributed by atoms with E-state index in [1.54, 1.807) is 7.11 Å². The van der Waals surface area contributed by atoms with Gasteiger partial charge in [0.25, 0.3) is 0 Å². The van der Waals surface area contributed by atoms with Crippen molar-refractivity contribution >= 4 is 16.7 Å². The van der Waals surface area contributed by atoms with Crippen molar-refractivity contribution in [1.29, 1.82) is 0 Å². The lowest BCUT2D eigenvalue weighted by Crippen LogP contribution is -2.59. The number of methoxy groups -OCH3 is 1. The van der Waals surface area contributed by atoms with Gasteiger partial charge in [-0.2, -0.15) is 0 Å². The zero-order valence-corrected chi connectivity index (χ0v) is 18.3.